The summed E-state index contributed by atoms with van der Waals surface area (Å²) in [6, 6.07) is 4.91. The van der Waals surface area contributed by atoms with E-state index < -0.39 is 0 Å². The van der Waals surface area contributed by atoms with Crippen molar-refractivity contribution in [2.24, 2.45) is 0 Å². The van der Waals surface area contributed by atoms with Crippen molar-refractivity contribution in [1.82, 2.24) is 10.3 Å². The van der Waals surface area contributed by atoms with Gasteiger partial charge in [-0.15, -0.1) is 0 Å². The van der Waals surface area contributed by atoms with Gasteiger partial charge in [0.2, 0.25) is 0 Å². The first-order chi connectivity index (χ1) is 8.17. The molecule has 0 aliphatic rings. The van der Waals surface area contributed by atoms with E-state index in [0.717, 1.165) is 16.2 Å². The molecule has 0 saturated carbocycles. The SMILES string of the molecule is CNCc1cc(F)cc(Sc2nc(C)co2)c1. The fourth-order valence-corrected chi connectivity index (χ4v) is 2.34. The fourth-order valence-electron chi connectivity index (χ4n) is 1.47. The Kier molecular flexibility index (Phi) is 3.81. The molecular weight excluding hydrogens is 239 g/mol. The number of oxazole rings is 1. The van der Waals surface area contributed by atoms with Gasteiger partial charge in [0.15, 0.2) is 0 Å². The monoisotopic (exact) mass is 252 g/mol. The molecule has 90 valence electrons. The van der Waals surface area contributed by atoms with E-state index in [1.54, 1.807) is 6.26 Å². The van der Waals surface area contributed by atoms with E-state index in [-0.39, 0.29) is 5.82 Å². The minimum absolute atomic E-state index is 0.247. The minimum atomic E-state index is -0.247. The Morgan fingerprint density at radius 2 is 2.24 bits per heavy atom. The van der Waals surface area contributed by atoms with E-state index in [2.05, 4.69) is 10.3 Å². The number of hydrogen-bond acceptors (Lipinski definition) is 4. The summed E-state index contributed by atoms with van der Waals surface area (Å²) in [5.41, 5.74) is 1.72. The summed E-state index contributed by atoms with van der Waals surface area (Å²) in [4.78, 5) is 4.96. The van der Waals surface area contributed by atoms with E-state index in [1.165, 1.54) is 23.9 Å². The van der Waals surface area contributed by atoms with Crippen LogP contribution < -0.4 is 5.32 Å². The van der Waals surface area contributed by atoms with Gasteiger partial charge < -0.3 is 9.73 Å². The van der Waals surface area contributed by atoms with E-state index in [1.807, 2.05) is 20.0 Å². The Morgan fingerprint density at radius 3 is 2.88 bits per heavy atom. The Balaban J connectivity index is 2.20. The lowest BCUT2D eigenvalue weighted by molar-refractivity contribution is 0.454. The predicted molar refractivity (Wildman–Crippen MR) is 64.5 cm³/mol. The first-order valence-corrected chi connectivity index (χ1v) is 6.03. The first-order valence-electron chi connectivity index (χ1n) is 5.21. The molecule has 0 aliphatic carbocycles. The van der Waals surface area contributed by atoms with Gasteiger partial charge in [0.05, 0.1) is 5.69 Å². The third-order valence-electron chi connectivity index (χ3n) is 2.12. The lowest BCUT2D eigenvalue weighted by atomic mass is 10.2. The molecule has 2 rings (SSSR count). The quantitative estimate of drug-likeness (QED) is 0.907. The van der Waals surface area contributed by atoms with Gasteiger partial charge in [-0.2, -0.15) is 0 Å². The summed E-state index contributed by atoms with van der Waals surface area (Å²) >= 11 is 1.32. The predicted octanol–water partition coefficient (Wildman–Crippen LogP) is 2.99. The summed E-state index contributed by atoms with van der Waals surface area (Å²) in [5.74, 6) is -0.247. The second-order valence-electron chi connectivity index (χ2n) is 3.68. The zero-order valence-corrected chi connectivity index (χ0v) is 10.5. The van der Waals surface area contributed by atoms with Gasteiger partial charge >= 0.3 is 0 Å². The Hall–Kier alpha value is -1.33. The molecule has 5 heteroatoms. The average molecular weight is 252 g/mol. The maximum atomic E-state index is 13.4. The molecule has 0 bridgehead atoms. The molecule has 0 aliphatic heterocycles. The summed E-state index contributed by atoms with van der Waals surface area (Å²) in [7, 11) is 1.83. The van der Waals surface area contributed by atoms with Gasteiger partial charge in [-0.25, -0.2) is 9.37 Å². The molecule has 17 heavy (non-hydrogen) atoms. The van der Waals surface area contributed by atoms with Crippen LogP contribution in [0.15, 0.2) is 39.0 Å². The van der Waals surface area contributed by atoms with Crippen LogP contribution in [0.4, 0.5) is 4.39 Å². The smallest absolute Gasteiger partial charge is 0.260 e. The topological polar surface area (TPSA) is 38.1 Å². The summed E-state index contributed by atoms with van der Waals surface area (Å²) in [5, 5.41) is 3.52. The molecule has 0 atom stereocenters. The van der Waals surface area contributed by atoms with Crippen molar-refractivity contribution in [2.45, 2.75) is 23.6 Å². The van der Waals surface area contributed by atoms with Crippen LogP contribution in [0, 0.1) is 12.7 Å². The highest BCUT2D eigenvalue weighted by Crippen LogP contribution is 2.28. The van der Waals surface area contributed by atoms with Crippen LogP contribution in [0.1, 0.15) is 11.3 Å². The number of nitrogens with zero attached hydrogens (tertiary/aromatic N) is 1. The molecule has 0 saturated heterocycles. The van der Waals surface area contributed by atoms with Gasteiger partial charge in [-0.3, -0.25) is 0 Å². The zero-order valence-electron chi connectivity index (χ0n) is 9.66. The Bertz CT molecular complexity index is 513. The highest BCUT2D eigenvalue weighted by Gasteiger charge is 2.06. The molecule has 1 heterocycles. The van der Waals surface area contributed by atoms with E-state index in [0.29, 0.717) is 11.8 Å². The minimum Gasteiger partial charge on any atom is -0.439 e. The number of aromatic nitrogens is 1. The third-order valence-corrected chi connectivity index (χ3v) is 2.95. The molecule has 1 N–H and O–H groups in total. The molecule has 0 fully saturated rings. The van der Waals surface area contributed by atoms with Crippen molar-refractivity contribution in [3.8, 4) is 0 Å². The van der Waals surface area contributed by atoms with Crippen molar-refractivity contribution in [1.29, 1.82) is 0 Å². The van der Waals surface area contributed by atoms with Crippen molar-refractivity contribution in [3.63, 3.8) is 0 Å². The van der Waals surface area contributed by atoms with Crippen LogP contribution >= 0.6 is 11.8 Å². The largest absolute Gasteiger partial charge is 0.439 e. The Morgan fingerprint density at radius 1 is 1.41 bits per heavy atom. The number of benzene rings is 1. The van der Waals surface area contributed by atoms with E-state index in [4.69, 9.17) is 4.42 Å². The maximum Gasteiger partial charge on any atom is 0.260 e. The van der Waals surface area contributed by atoms with E-state index >= 15 is 0 Å². The third kappa shape index (κ3) is 3.31. The molecule has 0 spiro atoms. The van der Waals surface area contributed by atoms with Crippen LogP contribution in [-0.2, 0) is 6.54 Å². The lowest BCUT2D eigenvalue weighted by Crippen LogP contribution is -2.05. The number of aryl methyl sites for hydroxylation is 1. The van der Waals surface area contributed by atoms with Gasteiger partial charge in [0.25, 0.3) is 5.22 Å². The molecule has 0 amide bonds. The Labute approximate surface area is 103 Å². The van der Waals surface area contributed by atoms with E-state index in [9.17, 15) is 4.39 Å². The molecule has 2 aromatic rings. The standard InChI is InChI=1S/C12H13FN2OS/c1-8-7-16-12(15-8)17-11-4-9(6-14-2)3-10(13)5-11/h3-5,7,14H,6H2,1-2H3. The van der Waals surface area contributed by atoms with Crippen LogP contribution in [-0.4, -0.2) is 12.0 Å². The molecule has 0 unspecified atom stereocenters. The van der Waals surface area contributed by atoms with Crippen LogP contribution in [0.25, 0.3) is 0 Å². The number of nitrogens with one attached hydrogen (secondary N) is 1. The van der Waals surface area contributed by atoms with Gasteiger partial charge in [0.1, 0.15) is 12.1 Å². The number of rotatable bonds is 4. The van der Waals surface area contributed by atoms with Crippen molar-refractivity contribution in [2.75, 3.05) is 7.05 Å². The van der Waals surface area contributed by atoms with Crippen molar-refractivity contribution in [3.05, 3.63) is 41.5 Å². The average Bonchev–Trinajstić information content (AvgIpc) is 2.63. The molecular formula is C12H13FN2OS. The van der Waals surface area contributed by atoms with Crippen LogP contribution in [0.5, 0.6) is 0 Å². The highest BCUT2D eigenvalue weighted by atomic mass is 32.2. The van der Waals surface area contributed by atoms with Gasteiger partial charge in [-0.1, -0.05) is 0 Å². The first kappa shape index (κ1) is 12.1. The molecule has 1 aromatic heterocycles. The van der Waals surface area contributed by atoms with Crippen LogP contribution in [0.3, 0.4) is 0 Å². The normalized spacial score (nSPS) is 10.8. The maximum absolute atomic E-state index is 13.4. The second kappa shape index (κ2) is 5.33. The van der Waals surface area contributed by atoms with Crippen molar-refractivity contribution < 1.29 is 8.81 Å². The summed E-state index contributed by atoms with van der Waals surface area (Å²) in [6.45, 7) is 2.49. The summed E-state index contributed by atoms with van der Waals surface area (Å²) < 4.78 is 18.6. The van der Waals surface area contributed by atoms with Crippen LogP contribution in [0.2, 0.25) is 0 Å². The zero-order chi connectivity index (χ0) is 12.3. The number of hydrogen-bond donors (Lipinski definition) is 1. The molecule has 0 radical (unpaired) electrons. The second-order valence-corrected chi connectivity index (χ2v) is 4.71. The lowest BCUT2D eigenvalue weighted by Gasteiger charge is -2.03. The van der Waals surface area contributed by atoms with Gasteiger partial charge in [0, 0.05) is 11.4 Å². The molecule has 3 nitrogen and oxygen atoms in total. The summed E-state index contributed by atoms with van der Waals surface area (Å²) in [6.07, 6.45) is 1.58. The molecule has 1 aromatic carbocycles. The van der Waals surface area contributed by atoms with Crippen molar-refractivity contribution >= 4 is 11.8 Å². The van der Waals surface area contributed by atoms with Gasteiger partial charge in [-0.05, 0) is 49.5 Å². The number of halogens is 1. The fraction of sp³-hybridized carbons (Fsp3) is 0.250. The highest BCUT2D eigenvalue weighted by molar-refractivity contribution is 7.99.